The van der Waals surface area contributed by atoms with Gasteiger partial charge in [0.2, 0.25) is 5.91 Å². The number of aryl methyl sites for hydroxylation is 1. The van der Waals surface area contributed by atoms with Crippen molar-refractivity contribution in [1.82, 2.24) is 19.8 Å². The highest BCUT2D eigenvalue weighted by Gasteiger charge is 2.51. The first-order valence-electron chi connectivity index (χ1n) is 7.54. The van der Waals surface area contributed by atoms with Gasteiger partial charge in [-0.2, -0.15) is 0 Å². The molecule has 6 nitrogen and oxygen atoms in total. The van der Waals surface area contributed by atoms with Crippen LogP contribution in [-0.4, -0.2) is 46.4 Å². The molecule has 1 aliphatic heterocycles. The van der Waals surface area contributed by atoms with Crippen LogP contribution in [0.2, 0.25) is 0 Å². The Morgan fingerprint density at radius 3 is 2.90 bits per heavy atom. The molecule has 21 heavy (non-hydrogen) atoms. The minimum absolute atomic E-state index is 0.0185. The third-order valence-corrected chi connectivity index (χ3v) is 5.07. The summed E-state index contributed by atoms with van der Waals surface area (Å²) in [6.45, 7) is 1.41. The maximum absolute atomic E-state index is 12.5. The normalized spacial score (nSPS) is 28.3. The molecule has 1 spiro atoms. The van der Waals surface area contributed by atoms with Gasteiger partial charge in [-0.25, -0.2) is 4.98 Å². The molecule has 1 saturated carbocycles. The number of nitrogens with zero attached hydrogens (tertiary/aromatic N) is 3. The van der Waals surface area contributed by atoms with Crippen molar-refractivity contribution in [2.24, 2.45) is 18.4 Å². The standard InChI is InChI=1S/C15H22N4O2/c1-16-13(20)11-4-3-5-15(11)6-7-19(9-15)14(21)12-8-18(2)10-17-12/h8,10-11H,3-7,9H2,1-2H3,(H,16,20)/t11-,15-/m0/s1. The van der Waals surface area contributed by atoms with Gasteiger partial charge in [-0.15, -0.1) is 0 Å². The largest absolute Gasteiger partial charge is 0.359 e. The fourth-order valence-electron chi connectivity index (χ4n) is 3.97. The molecule has 1 saturated heterocycles. The molecule has 0 unspecified atom stereocenters. The summed E-state index contributed by atoms with van der Waals surface area (Å²) in [7, 11) is 3.55. The average molecular weight is 290 g/mol. The van der Waals surface area contributed by atoms with Gasteiger partial charge in [0, 0.05) is 44.7 Å². The maximum Gasteiger partial charge on any atom is 0.274 e. The lowest BCUT2D eigenvalue weighted by Gasteiger charge is -2.30. The highest BCUT2D eigenvalue weighted by atomic mass is 16.2. The fourth-order valence-corrected chi connectivity index (χ4v) is 3.97. The van der Waals surface area contributed by atoms with E-state index in [1.165, 1.54) is 0 Å². The van der Waals surface area contributed by atoms with Crippen LogP contribution in [0.3, 0.4) is 0 Å². The number of amides is 2. The van der Waals surface area contributed by atoms with Crippen LogP contribution < -0.4 is 5.32 Å². The summed E-state index contributed by atoms with van der Waals surface area (Å²) in [5, 5.41) is 2.78. The number of hydrogen-bond acceptors (Lipinski definition) is 3. The van der Waals surface area contributed by atoms with E-state index >= 15 is 0 Å². The molecule has 2 heterocycles. The first kappa shape index (κ1) is 14.1. The zero-order valence-corrected chi connectivity index (χ0v) is 12.6. The maximum atomic E-state index is 12.5. The number of aromatic nitrogens is 2. The number of carbonyl (C=O) groups is 2. The second-order valence-electron chi connectivity index (χ2n) is 6.32. The lowest BCUT2D eigenvalue weighted by atomic mass is 9.76. The van der Waals surface area contributed by atoms with Crippen molar-refractivity contribution in [3.8, 4) is 0 Å². The van der Waals surface area contributed by atoms with E-state index in [-0.39, 0.29) is 23.1 Å². The highest BCUT2D eigenvalue weighted by Crippen LogP contribution is 2.49. The molecule has 2 aliphatic rings. The monoisotopic (exact) mass is 290 g/mol. The number of rotatable bonds is 2. The van der Waals surface area contributed by atoms with Gasteiger partial charge < -0.3 is 14.8 Å². The van der Waals surface area contributed by atoms with Gasteiger partial charge in [0.25, 0.3) is 5.91 Å². The molecule has 0 radical (unpaired) electrons. The van der Waals surface area contributed by atoms with Crippen molar-refractivity contribution in [1.29, 1.82) is 0 Å². The summed E-state index contributed by atoms with van der Waals surface area (Å²) in [4.78, 5) is 30.6. The molecule has 114 valence electrons. The summed E-state index contributed by atoms with van der Waals surface area (Å²) < 4.78 is 1.78. The fraction of sp³-hybridized carbons (Fsp3) is 0.667. The SMILES string of the molecule is CNC(=O)[C@@H]1CCC[C@@]12CCN(C(=O)c1cn(C)cn1)C2. The molecule has 2 amide bonds. The Morgan fingerprint density at radius 1 is 1.43 bits per heavy atom. The lowest BCUT2D eigenvalue weighted by molar-refractivity contribution is -0.127. The topological polar surface area (TPSA) is 67.2 Å². The first-order valence-corrected chi connectivity index (χ1v) is 7.54. The Labute approximate surface area is 124 Å². The minimum atomic E-state index is -0.0233. The molecule has 0 bridgehead atoms. The quantitative estimate of drug-likeness (QED) is 0.876. The molecule has 1 N–H and O–H groups in total. The predicted molar refractivity (Wildman–Crippen MR) is 77.6 cm³/mol. The van der Waals surface area contributed by atoms with Gasteiger partial charge in [0.05, 0.1) is 6.33 Å². The van der Waals surface area contributed by atoms with E-state index in [9.17, 15) is 9.59 Å². The minimum Gasteiger partial charge on any atom is -0.359 e. The number of likely N-dealkylation sites (tertiary alicyclic amines) is 1. The van der Waals surface area contributed by atoms with Gasteiger partial charge in [0.15, 0.2) is 0 Å². The van der Waals surface area contributed by atoms with Gasteiger partial charge in [0.1, 0.15) is 5.69 Å². The van der Waals surface area contributed by atoms with E-state index < -0.39 is 0 Å². The van der Waals surface area contributed by atoms with Gasteiger partial charge in [-0.3, -0.25) is 9.59 Å². The molecule has 1 aromatic heterocycles. The van der Waals surface area contributed by atoms with Gasteiger partial charge >= 0.3 is 0 Å². The molecular weight excluding hydrogens is 268 g/mol. The summed E-state index contributed by atoms with van der Waals surface area (Å²) in [5.41, 5.74) is 0.467. The number of carbonyl (C=O) groups excluding carboxylic acids is 2. The van der Waals surface area contributed by atoms with Crippen molar-refractivity contribution >= 4 is 11.8 Å². The van der Waals surface area contributed by atoms with Crippen molar-refractivity contribution in [2.45, 2.75) is 25.7 Å². The zero-order valence-electron chi connectivity index (χ0n) is 12.6. The zero-order chi connectivity index (χ0) is 15.0. The van der Waals surface area contributed by atoms with Crippen molar-refractivity contribution in [3.05, 3.63) is 18.2 Å². The Bertz CT molecular complexity index is 568. The number of imidazole rings is 1. The highest BCUT2D eigenvalue weighted by molar-refractivity contribution is 5.92. The molecule has 1 aliphatic carbocycles. The van der Waals surface area contributed by atoms with Crippen LogP contribution in [0.15, 0.2) is 12.5 Å². The molecule has 3 rings (SSSR count). The van der Waals surface area contributed by atoms with Crippen molar-refractivity contribution in [2.75, 3.05) is 20.1 Å². The van der Waals surface area contributed by atoms with Crippen LogP contribution in [-0.2, 0) is 11.8 Å². The lowest BCUT2D eigenvalue weighted by Crippen LogP contribution is -2.40. The Kier molecular flexibility index (Phi) is 3.47. The van der Waals surface area contributed by atoms with E-state index in [1.54, 1.807) is 24.1 Å². The second kappa shape index (κ2) is 5.16. The summed E-state index contributed by atoms with van der Waals surface area (Å²) in [6.07, 6.45) is 7.36. The van der Waals surface area contributed by atoms with Crippen LogP contribution in [0.5, 0.6) is 0 Å². The molecule has 6 heteroatoms. The molecular formula is C15H22N4O2. The Hall–Kier alpha value is -1.85. The van der Waals surface area contributed by atoms with E-state index in [0.717, 1.165) is 32.2 Å². The van der Waals surface area contributed by atoms with E-state index in [4.69, 9.17) is 0 Å². The third-order valence-electron chi connectivity index (χ3n) is 5.07. The van der Waals surface area contributed by atoms with Crippen molar-refractivity contribution < 1.29 is 9.59 Å². The summed E-state index contributed by atoms with van der Waals surface area (Å²) in [6, 6.07) is 0. The molecule has 2 fully saturated rings. The second-order valence-corrected chi connectivity index (χ2v) is 6.32. The predicted octanol–water partition coefficient (Wildman–Crippen LogP) is 0.798. The number of hydrogen-bond donors (Lipinski definition) is 1. The summed E-state index contributed by atoms with van der Waals surface area (Å²) >= 11 is 0. The van der Waals surface area contributed by atoms with Crippen LogP contribution in [0, 0.1) is 11.3 Å². The van der Waals surface area contributed by atoms with E-state index in [0.29, 0.717) is 12.2 Å². The Balaban J connectivity index is 1.75. The van der Waals surface area contributed by atoms with Crippen LogP contribution >= 0.6 is 0 Å². The van der Waals surface area contributed by atoms with Crippen LogP contribution in [0.1, 0.15) is 36.2 Å². The molecule has 0 aromatic carbocycles. The molecule has 2 atom stereocenters. The third kappa shape index (κ3) is 2.32. The number of nitrogens with one attached hydrogen (secondary N) is 1. The average Bonchev–Trinajstić information content (AvgIpc) is 3.19. The molecule has 1 aromatic rings. The van der Waals surface area contributed by atoms with E-state index in [1.807, 2.05) is 11.9 Å². The van der Waals surface area contributed by atoms with Gasteiger partial charge in [-0.05, 0) is 19.3 Å². The van der Waals surface area contributed by atoms with Gasteiger partial charge in [-0.1, -0.05) is 6.42 Å². The smallest absolute Gasteiger partial charge is 0.274 e. The summed E-state index contributed by atoms with van der Waals surface area (Å²) in [5.74, 6) is 0.152. The Morgan fingerprint density at radius 2 is 2.24 bits per heavy atom. The first-order chi connectivity index (χ1) is 10.1. The van der Waals surface area contributed by atoms with Crippen LogP contribution in [0.4, 0.5) is 0 Å². The van der Waals surface area contributed by atoms with E-state index in [2.05, 4.69) is 10.3 Å². The van der Waals surface area contributed by atoms with Crippen molar-refractivity contribution in [3.63, 3.8) is 0 Å². The van der Waals surface area contributed by atoms with Crippen LogP contribution in [0.25, 0.3) is 0 Å².